The number of methoxy groups -OCH3 is 3. The topological polar surface area (TPSA) is 85.3 Å². The van der Waals surface area contributed by atoms with E-state index in [4.69, 9.17) is 14.2 Å². The summed E-state index contributed by atoms with van der Waals surface area (Å²) in [5.74, 6) is -2.47. The second-order valence-electron chi connectivity index (χ2n) is 8.33. The van der Waals surface area contributed by atoms with Crippen LogP contribution in [0.5, 0.6) is 17.2 Å². The Hall–Kier alpha value is -4.40. The molecule has 0 aromatic heterocycles. The highest BCUT2D eigenvalue weighted by Crippen LogP contribution is 2.43. The predicted molar refractivity (Wildman–Crippen MR) is 132 cm³/mol. The molecule has 0 radical (unpaired) electrons. The van der Waals surface area contributed by atoms with Gasteiger partial charge in [0, 0.05) is 6.54 Å². The lowest BCUT2D eigenvalue weighted by molar-refractivity contribution is -0.139. The minimum absolute atomic E-state index is 0.0653. The van der Waals surface area contributed by atoms with Gasteiger partial charge in [0.2, 0.25) is 0 Å². The third-order valence-corrected chi connectivity index (χ3v) is 6.23. The van der Waals surface area contributed by atoms with Crippen LogP contribution < -0.4 is 14.2 Å². The molecule has 1 N–H and O–H groups in total. The highest BCUT2D eigenvalue weighted by molar-refractivity contribution is 6.46. The Kier molecular flexibility index (Phi) is 7.42. The van der Waals surface area contributed by atoms with Crippen molar-refractivity contribution >= 4 is 17.4 Å². The molecule has 3 aromatic carbocycles. The predicted octanol–water partition coefficient (Wildman–Crippen LogP) is 4.66. The van der Waals surface area contributed by atoms with E-state index in [0.29, 0.717) is 23.5 Å². The first-order chi connectivity index (χ1) is 17.8. The number of likely N-dealkylation sites (tertiary alicyclic amines) is 1. The number of hydrogen-bond acceptors (Lipinski definition) is 6. The Morgan fingerprint density at radius 1 is 0.838 bits per heavy atom. The summed E-state index contributed by atoms with van der Waals surface area (Å²) in [6.45, 7) is 0.0896. The third kappa shape index (κ3) is 4.97. The van der Waals surface area contributed by atoms with Gasteiger partial charge < -0.3 is 24.2 Å². The Labute approximate surface area is 212 Å². The molecule has 1 aliphatic heterocycles. The van der Waals surface area contributed by atoms with E-state index in [1.165, 1.54) is 44.4 Å². The number of aliphatic hydroxyl groups is 1. The largest absolute Gasteiger partial charge is 0.507 e. The van der Waals surface area contributed by atoms with Crippen LogP contribution in [0.4, 0.5) is 8.78 Å². The number of hydrogen-bond donors (Lipinski definition) is 1. The lowest BCUT2D eigenvalue weighted by Gasteiger charge is -2.26. The van der Waals surface area contributed by atoms with Crippen molar-refractivity contribution < 1.29 is 37.7 Å². The molecular weight excluding hydrogens is 484 g/mol. The molecule has 37 heavy (non-hydrogen) atoms. The van der Waals surface area contributed by atoms with E-state index in [1.54, 1.807) is 30.3 Å². The zero-order valence-corrected chi connectivity index (χ0v) is 20.5. The molecule has 0 bridgehead atoms. The smallest absolute Gasteiger partial charge is 0.295 e. The maximum atomic E-state index is 14.1. The van der Waals surface area contributed by atoms with Gasteiger partial charge in [-0.1, -0.05) is 18.2 Å². The van der Waals surface area contributed by atoms with Gasteiger partial charge in [-0.2, -0.15) is 0 Å². The zero-order valence-electron chi connectivity index (χ0n) is 20.5. The number of rotatable bonds is 8. The summed E-state index contributed by atoms with van der Waals surface area (Å²) in [4.78, 5) is 27.8. The average molecular weight is 510 g/mol. The number of nitrogens with zero attached hydrogens (tertiary/aromatic N) is 1. The van der Waals surface area contributed by atoms with Crippen LogP contribution in [0.3, 0.4) is 0 Å². The van der Waals surface area contributed by atoms with Gasteiger partial charge in [-0.25, -0.2) is 8.78 Å². The van der Waals surface area contributed by atoms with E-state index in [-0.39, 0.29) is 23.4 Å². The van der Waals surface area contributed by atoms with Crippen molar-refractivity contribution in [2.24, 2.45) is 0 Å². The van der Waals surface area contributed by atoms with Crippen LogP contribution in [0.2, 0.25) is 0 Å². The molecule has 1 unspecified atom stereocenters. The molecule has 1 atom stereocenters. The van der Waals surface area contributed by atoms with Crippen LogP contribution >= 0.6 is 0 Å². The molecule has 192 valence electrons. The van der Waals surface area contributed by atoms with Crippen LogP contribution in [0.25, 0.3) is 5.76 Å². The summed E-state index contributed by atoms with van der Waals surface area (Å²) in [6.07, 6.45) is 0.320. The fourth-order valence-electron chi connectivity index (χ4n) is 4.39. The van der Waals surface area contributed by atoms with Gasteiger partial charge in [0.15, 0.2) is 11.5 Å². The van der Waals surface area contributed by atoms with E-state index in [0.717, 1.165) is 17.7 Å². The summed E-state index contributed by atoms with van der Waals surface area (Å²) >= 11 is 0. The molecule has 0 spiro atoms. The summed E-state index contributed by atoms with van der Waals surface area (Å²) in [7, 11) is 4.27. The number of benzene rings is 3. The highest BCUT2D eigenvalue weighted by Gasteiger charge is 2.46. The Morgan fingerprint density at radius 3 is 2.11 bits per heavy atom. The molecule has 9 heteroatoms. The van der Waals surface area contributed by atoms with E-state index >= 15 is 0 Å². The van der Waals surface area contributed by atoms with Crippen LogP contribution in [-0.2, 0) is 16.0 Å². The van der Waals surface area contributed by atoms with Gasteiger partial charge in [0.05, 0.1) is 38.5 Å². The van der Waals surface area contributed by atoms with Crippen molar-refractivity contribution in [1.82, 2.24) is 4.90 Å². The van der Waals surface area contributed by atoms with Gasteiger partial charge in [-0.3, -0.25) is 9.59 Å². The summed E-state index contributed by atoms with van der Waals surface area (Å²) < 4.78 is 43.4. The molecule has 0 saturated carbocycles. The molecular formula is C28H25F2NO6. The third-order valence-electron chi connectivity index (χ3n) is 6.23. The zero-order chi connectivity index (χ0) is 26.7. The van der Waals surface area contributed by atoms with Crippen LogP contribution in [0, 0.1) is 11.6 Å². The number of carbonyl (C=O) groups is 2. The van der Waals surface area contributed by atoms with Gasteiger partial charge in [0.25, 0.3) is 11.7 Å². The molecule has 1 saturated heterocycles. The van der Waals surface area contributed by atoms with Crippen molar-refractivity contribution in [2.75, 3.05) is 27.9 Å². The first kappa shape index (κ1) is 25.7. The number of amides is 1. The van der Waals surface area contributed by atoms with E-state index in [9.17, 15) is 23.5 Å². The quantitative estimate of drug-likeness (QED) is 0.270. The minimum Gasteiger partial charge on any atom is -0.507 e. The number of ether oxygens (including phenoxy) is 3. The molecule has 1 fully saturated rings. The Balaban J connectivity index is 1.86. The van der Waals surface area contributed by atoms with Gasteiger partial charge in [0.1, 0.15) is 23.1 Å². The molecule has 1 amide bonds. The molecule has 1 aliphatic rings. The maximum Gasteiger partial charge on any atom is 0.295 e. The number of ketones is 1. The lowest BCUT2D eigenvalue weighted by atomic mass is 9.94. The number of halogens is 2. The minimum atomic E-state index is -1.02. The molecule has 0 aliphatic carbocycles. The highest BCUT2D eigenvalue weighted by atomic mass is 19.1. The molecule has 7 nitrogen and oxygen atoms in total. The fourth-order valence-corrected chi connectivity index (χ4v) is 4.39. The monoisotopic (exact) mass is 509 g/mol. The fraction of sp³-hybridized carbons (Fsp3) is 0.214. The van der Waals surface area contributed by atoms with Crippen molar-refractivity contribution in [3.05, 3.63) is 94.6 Å². The molecule has 3 aromatic rings. The Bertz CT molecular complexity index is 1370. The number of aliphatic hydroxyl groups excluding tert-OH is 1. The van der Waals surface area contributed by atoms with Crippen molar-refractivity contribution in [3.8, 4) is 17.2 Å². The molecule has 4 rings (SSSR count). The second-order valence-corrected chi connectivity index (χ2v) is 8.33. The van der Waals surface area contributed by atoms with Crippen molar-refractivity contribution in [1.29, 1.82) is 0 Å². The summed E-state index contributed by atoms with van der Waals surface area (Å²) in [6, 6.07) is 13.2. The van der Waals surface area contributed by atoms with E-state index in [2.05, 4.69) is 0 Å². The summed E-state index contributed by atoms with van der Waals surface area (Å²) in [5.41, 5.74) is 0.929. The van der Waals surface area contributed by atoms with Crippen LogP contribution in [0.1, 0.15) is 22.7 Å². The molecule has 1 heterocycles. The number of carbonyl (C=O) groups excluding carboxylic acids is 2. The lowest BCUT2D eigenvalue weighted by Crippen LogP contribution is -2.31. The summed E-state index contributed by atoms with van der Waals surface area (Å²) in [5, 5.41) is 11.3. The second kappa shape index (κ2) is 10.7. The van der Waals surface area contributed by atoms with Crippen molar-refractivity contribution in [2.45, 2.75) is 12.5 Å². The maximum absolute atomic E-state index is 14.1. The van der Waals surface area contributed by atoms with Gasteiger partial charge >= 0.3 is 0 Å². The van der Waals surface area contributed by atoms with Crippen LogP contribution in [-0.4, -0.2) is 49.6 Å². The first-order valence-corrected chi connectivity index (χ1v) is 11.4. The normalized spacial score (nSPS) is 16.7. The first-order valence-electron chi connectivity index (χ1n) is 11.4. The average Bonchev–Trinajstić information content (AvgIpc) is 3.16. The van der Waals surface area contributed by atoms with Crippen molar-refractivity contribution in [3.63, 3.8) is 0 Å². The SMILES string of the molecule is COc1ccc(C2/C(=C(\O)c3cc(F)ccc3OC)C(=O)C(=O)N2CCc2ccc(F)cc2)cc1OC. The van der Waals surface area contributed by atoms with Crippen LogP contribution in [0.15, 0.2) is 66.2 Å². The Morgan fingerprint density at radius 2 is 1.46 bits per heavy atom. The van der Waals surface area contributed by atoms with Gasteiger partial charge in [-0.05, 0) is 60.0 Å². The van der Waals surface area contributed by atoms with E-state index in [1.807, 2.05) is 0 Å². The van der Waals surface area contributed by atoms with Gasteiger partial charge in [-0.15, -0.1) is 0 Å². The van der Waals surface area contributed by atoms with E-state index < -0.39 is 35.1 Å². The number of Topliss-reactive ketones (excluding diaryl/α,β-unsaturated/α-hetero) is 1. The standard InChI is InChI=1S/C28H25F2NO6/c1-35-21-11-9-19(30)15-20(21)26(32)24-25(17-6-10-22(36-2)23(14-17)37-3)31(28(34)27(24)33)13-12-16-4-7-18(29)8-5-16/h4-11,14-15,25,32H,12-13H2,1-3H3/b26-24+.